The van der Waals surface area contributed by atoms with Crippen molar-refractivity contribution in [2.24, 2.45) is 0 Å². The lowest BCUT2D eigenvalue weighted by atomic mass is 10.1. The van der Waals surface area contributed by atoms with Crippen LogP contribution in [0.1, 0.15) is 0 Å². The van der Waals surface area contributed by atoms with Gasteiger partial charge in [0, 0.05) is 11.3 Å². The number of phenols is 2. The standard InChI is InChI=1S/C15H11NO5/c16-8-2-4-12-9(6-8)13(19)14(20)15(21-12)7-1-3-10(17)11(18)5-7/h1-6,17-18,20H,16H2. The summed E-state index contributed by atoms with van der Waals surface area (Å²) >= 11 is 0. The van der Waals surface area contributed by atoms with E-state index in [0.717, 1.165) is 0 Å². The maximum Gasteiger partial charge on any atom is 0.235 e. The summed E-state index contributed by atoms with van der Waals surface area (Å²) in [6.45, 7) is 0. The third-order valence-corrected chi connectivity index (χ3v) is 3.13. The third kappa shape index (κ3) is 2.02. The highest BCUT2D eigenvalue weighted by atomic mass is 16.4. The van der Waals surface area contributed by atoms with E-state index in [1.165, 1.54) is 30.3 Å². The highest BCUT2D eigenvalue weighted by molar-refractivity contribution is 5.84. The monoisotopic (exact) mass is 285 g/mol. The largest absolute Gasteiger partial charge is 0.504 e. The zero-order valence-electron chi connectivity index (χ0n) is 10.7. The Labute approximate surface area is 118 Å². The van der Waals surface area contributed by atoms with Gasteiger partial charge in [0.25, 0.3) is 0 Å². The van der Waals surface area contributed by atoms with Gasteiger partial charge in [-0.1, -0.05) is 0 Å². The molecule has 0 aliphatic rings. The van der Waals surface area contributed by atoms with Crippen LogP contribution in [0.15, 0.2) is 45.6 Å². The molecule has 1 heterocycles. The molecular formula is C15H11NO5. The Balaban J connectivity index is 2.33. The minimum absolute atomic E-state index is 0.0902. The second-order valence-corrected chi connectivity index (χ2v) is 4.57. The van der Waals surface area contributed by atoms with Gasteiger partial charge < -0.3 is 25.5 Å². The molecule has 5 N–H and O–H groups in total. The SMILES string of the molecule is Nc1ccc2oc(-c3ccc(O)c(O)c3)c(O)c(=O)c2c1. The number of nitrogen functional groups attached to an aromatic ring is 1. The minimum Gasteiger partial charge on any atom is -0.504 e. The van der Waals surface area contributed by atoms with Crippen molar-refractivity contribution in [2.75, 3.05) is 5.73 Å². The van der Waals surface area contributed by atoms with Gasteiger partial charge in [-0.15, -0.1) is 0 Å². The van der Waals surface area contributed by atoms with Crippen molar-refractivity contribution in [3.05, 3.63) is 46.6 Å². The van der Waals surface area contributed by atoms with Gasteiger partial charge in [0.2, 0.25) is 11.2 Å². The molecule has 0 saturated carbocycles. The number of aromatic hydroxyl groups is 3. The molecular weight excluding hydrogens is 274 g/mol. The van der Waals surface area contributed by atoms with Crippen molar-refractivity contribution in [1.29, 1.82) is 0 Å². The van der Waals surface area contributed by atoms with E-state index in [9.17, 15) is 20.1 Å². The first-order valence-corrected chi connectivity index (χ1v) is 6.05. The second-order valence-electron chi connectivity index (χ2n) is 4.57. The van der Waals surface area contributed by atoms with Crippen LogP contribution in [0.25, 0.3) is 22.3 Å². The molecule has 0 atom stereocenters. The number of hydrogen-bond donors (Lipinski definition) is 4. The molecule has 6 heteroatoms. The number of benzene rings is 2. The fraction of sp³-hybridized carbons (Fsp3) is 0. The zero-order valence-corrected chi connectivity index (χ0v) is 10.7. The average molecular weight is 285 g/mol. The lowest BCUT2D eigenvalue weighted by molar-refractivity contribution is 0.403. The van der Waals surface area contributed by atoms with Crippen molar-refractivity contribution in [2.45, 2.75) is 0 Å². The fourth-order valence-electron chi connectivity index (χ4n) is 2.06. The molecule has 0 unspecified atom stereocenters. The Morgan fingerprint density at radius 1 is 0.952 bits per heavy atom. The van der Waals surface area contributed by atoms with Gasteiger partial charge in [-0.2, -0.15) is 0 Å². The maximum atomic E-state index is 12.1. The lowest BCUT2D eigenvalue weighted by Gasteiger charge is -2.07. The summed E-state index contributed by atoms with van der Waals surface area (Å²) in [7, 11) is 0. The van der Waals surface area contributed by atoms with Crippen LogP contribution >= 0.6 is 0 Å². The quantitative estimate of drug-likeness (QED) is 0.402. The second kappa shape index (κ2) is 4.45. The van der Waals surface area contributed by atoms with E-state index in [1.807, 2.05) is 0 Å². The van der Waals surface area contributed by atoms with E-state index in [0.29, 0.717) is 5.69 Å². The highest BCUT2D eigenvalue weighted by Crippen LogP contribution is 2.35. The van der Waals surface area contributed by atoms with Crippen LogP contribution in [-0.2, 0) is 0 Å². The molecule has 0 fully saturated rings. The fourth-order valence-corrected chi connectivity index (χ4v) is 2.06. The number of phenolic OH excluding ortho intramolecular Hbond substituents is 2. The van der Waals surface area contributed by atoms with Gasteiger partial charge in [0.1, 0.15) is 5.58 Å². The van der Waals surface area contributed by atoms with Gasteiger partial charge in [-0.05, 0) is 36.4 Å². The van der Waals surface area contributed by atoms with Gasteiger partial charge in [-0.25, -0.2) is 0 Å². The van der Waals surface area contributed by atoms with E-state index in [4.69, 9.17) is 10.2 Å². The van der Waals surface area contributed by atoms with Crippen molar-refractivity contribution < 1.29 is 19.7 Å². The van der Waals surface area contributed by atoms with Crippen molar-refractivity contribution in [1.82, 2.24) is 0 Å². The van der Waals surface area contributed by atoms with E-state index in [2.05, 4.69) is 0 Å². The average Bonchev–Trinajstić information content (AvgIpc) is 2.46. The van der Waals surface area contributed by atoms with Gasteiger partial charge in [-0.3, -0.25) is 4.79 Å². The Morgan fingerprint density at radius 2 is 1.71 bits per heavy atom. The number of rotatable bonds is 1. The summed E-state index contributed by atoms with van der Waals surface area (Å²) in [4.78, 5) is 12.1. The van der Waals surface area contributed by atoms with Crippen LogP contribution in [0.5, 0.6) is 17.2 Å². The molecule has 0 amide bonds. The summed E-state index contributed by atoms with van der Waals surface area (Å²) in [5.41, 5.74) is 5.89. The molecule has 106 valence electrons. The number of hydrogen-bond acceptors (Lipinski definition) is 6. The Morgan fingerprint density at radius 3 is 2.43 bits per heavy atom. The van der Waals surface area contributed by atoms with E-state index in [-0.39, 0.29) is 33.8 Å². The van der Waals surface area contributed by atoms with Crippen LogP contribution in [-0.4, -0.2) is 15.3 Å². The normalized spacial score (nSPS) is 10.9. The molecule has 21 heavy (non-hydrogen) atoms. The van der Waals surface area contributed by atoms with E-state index < -0.39 is 11.2 Å². The van der Waals surface area contributed by atoms with Crippen LogP contribution in [0, 0.1) is 0 Å². The molecule has 1 aromatic heterocycles. The Kier molecular flexibility index (Phi) is 2.72. The summed E-state index contributed by atoms with van der Waals surface area (Å²) in [6.07, 6.45) is 0. The summed E-state index contributed by atoms with van der Waals surface area (Å²) in [5.74, 6) is -1.37. The zero-order chi connectivity index (χ0) is 15.1. The number of anilines is 1. The predicted molar refractivity (Wildman–Crippen MR) is 77.3 cm³/mol. The predicted octanol–water partition coefficient (Wildman–Crippen LogP) is 2.16. The Bertz CT molecular complexity index is 914. The topological polar surface area (TPSA) is 117 Å². The number of fused-ring (bicyclic) bond motifs is 1. The molecule has 3 aromatic rings. The van der Waals surface area contributed by atoms with Crippen LogP contribution in [0.3, 0.4) is 0 Å². The van der Waals surface area contributed by atoms with E-state index >= 15 is 0 Å². The first-order chi connectivity index (χ1) is 9.97. The molecule has 6 nitrogen and oxygen atoms in total. The highest BCUT2D eigenvalue weighted by Gasteiger charge is 2.16. The first kappa shape index (κ1) is 12.9. The van der Waals surface area contributed by atoms with Gasteiger partial charge >= 0.3 is 0 Å². The molecule has 0 aliphatic carbocycles. The van der Waals surface area contributed by atoms with Crippen molar-refractivity contribution in [3.63, 3.8) is 0 Å². The van der Waals surface area contributed by atoms with E-state index in [1.54, 1.807) is 6.07 Å². The summed E-state index contributed by atoms with van der Waals surface area (Å²) in [6, 6.07) is 8.35. The van der Waals surface area contributed by atoms with Crippen LogP contribution in [0.4, 0.5) is 5.69 Å². The molecule has 0 radical (unpaired) electrons. The van der Waals surface area contributed by atoms with Gasteiger partial charge in [0.05, 0.1) is 5.39 Å². The molecule has 3 rings (SSSR count). The lowest BCUT2D eigenvalue weighted by Crippen LogP contribution is -2.03. The smallest absolute Gasteiger partial charge is 0.235 e. The Hall–Kier alpha value is -3.15. The van der Waals surface area contributed by atoms with Crippen LogP contribution in [0.2, 0.25) is 0 Å². The first-order valence-electron chi connectivity index (χ1n) is 6.05. The summed E-state index contributed by atoms with van der Waals surface area (Å²) in [5, 5.41) is 29.0. The molecule has 0 spiro atoms. The minimum atomic E-state index is -0.619. The maximum absolute atomic E-state index is 12.1. The summed E-state index contributed by atoms with van der Waals surface area (Å²) < 4.78 is 5.51. The molecule has 0 bridgehead atoms. The van der Waals surface area contributed by atoms with Gasteiger partial charge in [0.15, 0.2) is 17.3 Å². The number of nitrogens with two attached hydrogens (primary N) is 1. The molecule has 0 aliphatic heterocycles. The van der Waals surface area contributed by atoms with Crippen molar-refractivity contribution >= 4 is 16.7 Å². The molecule has 2 aromatic carbocycles. The molecule has 0 saturated heterocycles. The third-order valence-electron chi connectivity index (χ3n) is 3.13. The van der Waals surface area contributed by atoms with Crippen LogP contribution < -0.4 is 11.2 Å². The van der Waals surface area contributed by atoms with Crippen molar-refractivity contribution in [3.8, 4) is 28.6 Å².